The summed E-state index contributed by atoms with van der Waals surface area (Å²) in [7, 11) is 0. The van der Waals surface area contributed by atoms with Crippen molar-refractivity contribution in [2.75, 3.05) is 6.61 Å². The van der Waals surface area contributed by atoms with Gasteiger partial charge in [-0.05, 0) is 25.7 Å². The zero-order chi connectivity index (χ0) is 10.0. The summed E-state index contributed by atoms with van der Waals surface area (Å²) in [5.41, 5.74) is -0.696. The maximum atomic E-state index is 10.5. The first kappa shape index (κ1) is 9.94. The first-order valence-electron chi connectivity index (χ1n) is 5.40. The zero-order valence-electron chi connectivity index (χ0n) is 8.48. The van der Waals surface area contributed by atoms with Gasteiger partial charge in [0.25, 0.3) is 0 Å². The lowest BCUT2D eigenvalue weighted by Crippen LogP contribution is -2.46. The quantitative estimate of drug-likeness (QED) is 0.682. The standard InChI is InChI=1S/C12H18O2/c1-2-10-6-5-8-12(10,13)11-7-3-4-9-14-11/h2-3,7,10-11,13H,1,4-6,8-9H2/t10-,11?,12-/m0/s1. The Balaban J connectivity index is 2.16. The van der Waals surface area contributed by atoms with Gasteiger partial charge >= 0.3 is 0 Å². The molecule has 3 atom stereocenters. The second-order valence-electron chi connectivity index (χ2n) is 4.23. The predicted octanol–water partition coefficient (Wildman–Crippen LogP) is 2.05. The topological polar surface area (TPSA) is 29.5 Å². The number of hydrogen-bond donors (Lipinski definition) is 1. The summed E-state index contributed by atoms with van der Waals surface area (Å²) in [6.07, 6.45) is 9.76. The SMILES string of the molecule is C=C[C@H]1CCC[C@@]1(O)C1C=CCCO1. The summed E-state index contributed by atoms with van der Waals surface area (Å²) >= 11 is 0. The number of hydrogen-bond acceptors (Lipinski definition) is 2. The summed E-state index contributed by atoms with van der Waals surface area (Å²) in [6, 6.07) is 0. The van der Waals surface area contributed by atoms with Crippen molar-refractivity contribution in [2.24, 2.45) is 5.92 Å². The molecule has 2 aliphatic rings. The number of ether oxygens (including phenoxy) is 1. The fourth-order valence-electron chi connectivity index (χ4n) is 2.57. The van der Waals surface area contributed by atoms with Crippen LogP contribution in [0.2, 0.25) is 0 Å². The molecule has 1 aliphatic carbocycles. The maximum Gasteiger partial charge on any atom is 0.105 e. The van der Waals surface area contributed by atoms with Gasteiger partial charge in [0.05, 0.1) is 6.61 Å². The van der Waals surface area contributed by atoms with Crippen molar-refractivity contribution < 1.29 is 9.84 Å². The van der Waals surface area contributed by atoms with Crippen molar-refractivity contribution in [3.63, 3.8) is 0 Å². The van der Waals surface area contributed by atoms with Crippen molar-refractivity contribution in [1.29, 1.82) is 0 Å². The molecule has 2 heteroatoms. The molecule has 0 aromatic rings. The van der Waals surface area contributed by atoms with Crippen molar-refractivity contribution in [2.45, 2.75) is 37.4 Å². The van der Waals surface area contributed by atoms with Crippen LogP contribution in [0.3, 0.4) is 0 Å². The highest BCUT2D eigenvalue weighted by Gasteiger charge is 2.45. The Bertz CT molecular complexity index is 247. The first-order valence-corrected chi connectivity index (χ1v) is 5.40. The predicted molar refractivity (Wildman–Crippen MR) is 56.0 cm³/mol. The minimum Gasteiger partial charge on any atom is -0.386 e. The summed E-state index contributed by atoms with van der Waals surface area (Å²) < 4.78 is 5.61. The highest BCUT2D eigenvalue weighted by atomic mass is 16.5. The molecule has 0 bridgehead atoms. The van der Waals surface area contributed by atoms with Crippen LogP contribution in [-0.4, -0.2) is 23.4 Å². The molecule has 1 unspecified atom stereocenters. The molecule has 2 rings (SSSR count). The molecular weight excluding hydrogens is 176 g/mol. The fraction of sp³-hybridized carbons (Fsp3) is 0.667. The minimum absolute atomic E-state index is 0.123. The monoisotopic (exact) mass is 194 g/mol. The van der Waals surface area contributed by atoms with Crippen LogP contribution in [0.4, 0.5) is 0 Å². The lowest BCUT2D eigenvalue weighted by molar-refractivity contribution is -0.101. The second kappa shape index (κ2) is 3.87. The molecule has 1 N–H and O–H groups in total. The number of aliphatic hydroxyl groups is 1. The minimum atomic E-state index is -0.696. The Morgan fingerprint density at radius 1 is 1.57 bits per heavy atom. The molecule has 1 fully saturated rings. The summed E-state index contributed by atoms with van der Waals surface area (Å²) in [5, 5.41) is 10.5. The van der Waals surface area contributed by atoms with Crippen molar-refractivity contribution in [3.8, 4) is 0 Å². The van der Waals surface area contributed by atoms with E-state index < -0.39 is 5.60 Å². The average molecular weight is 194 g/mol. The average Bonchev–Trinajstić information content (AvgIpc) is 2.62. The van der Waals surface area contributed by atoms with E-state index in [1.807, 2.05) is 12.2 Å². The Morgan fingerprint density at radius 2 is 2.43 bits per heavy atom. The van der Waals surface area contributed by atoms with E-state index in [4.69, 9.17) is 4.74 Å². The van der Waals surface area contributed by atoms with Gasteiger partial charge in [0.1, 0.15) is 11.7 Å². The summed E-state index contributed by atoms with van der Waals surface area (Å²) in [4.78, 5) is 0. The third kappa shape index (κ3) is 1.53. The van der Waals surface area contributed by atoms with Gasteiger partial charge in [-0.1, -0.05) is 18.2 Å². The molecule has 0 radical (unpaired) electrons. The van der Waals surface area contributed by atoms with Crippen LogP contribution in [0.5, 0.6) is 0 Å². The van der Waals surface area contributed by atoms with Crippen LogP contribution in [0, 0.1) is 5.92 Å². The van der Waals surface area contributed by atoms with Crippen LogP contribution < -0.4 is 0 Å². The molecule has 0 amide bonds. The molecule has 78 valence electrons. The molecule has 0 saturated heterocycles. The largest absolute Gasteiger partial charge is 0.386 e. The molecule has 1 aliphatic heterocycles. The van der Waals surface area contributed by atoms with Crippen LogP contribution in [0.25, 0.3) is 0 Å². The van der Waals surface area contributed by atoms with Crippen LogP contribution in [0.15, 0.2) is 24.8 Å². The Hall–Kier alpha value is -0.600. The molecular formula is C12H18O2. The van der Waals surface area contributed by atoms with Crippen molar-refractivity contribution in [3.05, 3.63) is 24.8 Å². The maximum absolute atomic E-state index is 10.5. The van der Waals surface area contributed by atoms with Gasteiger partial charge < -0.3 is 9.84 Å². The zero-order valence-corrected chi connectivity index (χ0v) is 8.48. The first-order chi connectivity index (χ1) is 6.77. The molecule has 14 heavy (non-hydrogen) atoms. The molecule has 1 saturated carbocycles. The van der Waals surface area contributed by atoms with Gasteiger partial charge in [-0.3, -0.25) is 0 Å². The second-order valence-corrected chi connectivity index (χ2v) is 4.23. The Labute approximate surface area is 85.3 Å². The third-order valence-electron chi connectivity index (χ3n) is 3.40. The van der Waals surface area contributed by atoms with E-state index in [0.717, 1.165) is 32.3 Å². The smallest absolute Gasteiger partial charge is 0.105 e. The molecule has 1 heterocycles. The van der Waals surface area contributed by atoms with E-state index in [1.165, 1.54) is 0 Å². The van der Waals surface area contributed by atoms with E-state index in [2.05, 4.69) is 12.7 Å². The van der Waals surface area contributed by atoms with Gasteiger partial charge in [-0.25, -0.2) is 0 Å². The summed E-state index contributed by atoms with van der Waals surface area (Å²) in [5.74, 6) is 0.190. The van der Waals surface area contributed by atoms with Gasteiger partial charge in [-0.15, -0.1) is 6.58 Å². The Kier molecular flexibility index (Phi) is 2.75. The van der Waals surface area contributed by atoms with Crippen molar-refractivity contribution >= 4 is 0 Å². The molecule has 0 aromatic heterocycles. The van der Waals surface area contributed by atoms with Crippen LogP contribution >= 0.6 is 0 Å². The van der Waals surface area contributed by atoms with E-state index in [-0.39, 0.29) is 12.0 Å². The fourth-order valence-corrected chi connectivity index (χ4v) is 2.57. The lowest BCUT2D eigenvalue weighted by atomic mass is 9.84. The Morgan fingerprint density at radius 3 is 3.07 bits per heavy atom. The normalized spacial score (nSPS) is 42.6. The van der Waals surface area contributed by atoms with Crippen LogP contribution in [0.1, 0.15) is 25.7 Å². The van der Waals surface area contributed by atoms with Gasteiger partial charge in [-0.2, -0.15) is 0 Å². The molecule has 2 nitrogen and oxygen atoms in total. The molecule has 0 spiro atoms. The van der Waals surface area contributed by atoms with E-state index in [1.54, 1.807) is 0 Å². The van der Waals surface area contributed by atoms with Crippen molar-refractivity contribution in [1.82, 2.24) is 0 Å². The van der Waals surface area contributed by atoms with E-state index in [0.29, 0.717) is 0 Å². The van der Waals surface area contributed by atoms with E-state index in [9.17, 15) is 5.11 Å². The highest BCUT2D eigenvalue weighted by Crippen LogP contribution is 2.41. The van der Waals surface area contributed by atoms with Crippen LogP contribution in [-0.2, 0) is 4.74 Å². The van der Waals surface area contributed by atoms with Gasteiger partial charge in [0.2, 0.25) is 0 Å². The number of rotatable bonds is 2. The van der Waals surface area contributed by atoms with Gasteiger partial charge in [0.15, 0.2) is 0 Å². The lowest BCUT2D eigenvalue weighted by Gasteiger charge is -2.36. The third-order valence-corrected chi connectivity index (χ3v) is 3.40. The summed E-state index contributed by atoms with van der Waals surface area (Å²) in [6.45, 7) is 4.52. The van der Waals surface area contributed by atoms with E-state index >= 15 is 0 Å². The molecule has 0 aromatic carbocycles. The highest BCUT2D eigenvalue weighted by molar-refractivity contribution is 5.12. The van der Waals surface area contributed by atoms with Gasteiger partial charge in [0, 0.05) is 5.92 Å².